The van der Waals surface area contributed by atoms with E-state index in [1.54, 1.807) is 0 Å². The van der Waals surface area contributed by atoms with E-state index in [2.05, 4.69) is 10.3 Å². The number of aromatic carboxylic acids is 1. The van der Waals surface area contributed by atoms with Crippen LogP contribution in [0.1, 0.15) is 36.2 Å². The molecule has 2 fully saturated rings. The molecule has 1 aromatic heterocycles. The van der Waals surface area contributed by atoms with Crippen molar-refractivity contribution in [3.05, 3.63) is 11.9 Å². The van der Waals surface area contributed by atoms with Crippen molar-refractivity contribution in [2.75, 3.05) is 13.2 Å². The lowest BCUT2D eigenvalue weighted by molar-refractivity contribution is -0.150. The van der Waals surface area contributed by atoms with Gasteiger partial charge >= 0.3 is 5.97 Å². The number of fused-ring (bicyclic) bond motifs is 1. The number of morpholine rings is 1. The zero-order chi connectivity index (χ0) is 14.8. The zero-order valence-electron chi connectivity index (χ0n) is 11.6. The summed E-state index contributed by atoms with van der Waals surface area (Å²) in [6.45, 7) is 1.16. The average Bonchev–Trinajstić information content (AvgIpc) is 2.95. The molecule has 1 aliphatic heterocycles. The largest absolute Gasteiger partial charge is 0.476 e. The lowest BCUT2D eigenvalue weighted by Crippen LogP contribution is -2.55. The Morgan fingerprint density at radius 3 is 2.95 bits per heavy atom. The van der Waals surface area contributed by atoms with Crippen molar-refractivity contribution in [1.29, 1.82) is 0 Å². The molecule has 2 unspecified atom stereocenters. The highest BCUT2D eigenvalue weighted by molar-refractivity contribution is 5.84. The molecule has 21 heavy (non-hydrogen) atoms. The van der Waals surface area contributed by atoms with Crippen molar-refractivity contribution in [2.24, 2.45) is 0 Å². The highest BCUT2D eigenvalue weighted by Gasteiger charge is 2.36. The SMILES string of the molecule is O=C(O)c1cn(CC(=O)N2CCOC3CCCCC32)nn1. The van der Waals surface area contributed by atoms with Crippen LogP contribution < -0.4 is 0 Å². The maximum atomic E-state index is 12.4. The van der Waals surface area contributed by atoms with Gasteiger partial charge in [-0.15, -0.1) is 5.10 Å². The minimum atomic E-state index is -1.15. The Morgan fingerprint density at radius 1 is 1.38 bits per heavy atom. The number of rotatable bonds is 3. The highest BCUT2D eigenvalue weighted by Crippen LogP contribution is 2.28. The van der Waals surface area contributed by atoms with Crippen molar-refractivity contribution in [1.82, 2.24) is 19.9 Å². The molecule has 8 heteroatoms. The first-order valence-electron chi connectivity index (χ1n) is 7.19. The topological polar surface area (TPSA) is 97.5 Å². The summed E-state index contributed by atoms with van der Waals surface area (Å²) in [6.07, 6.45) is 5.64. The van der Waals surface area contributed by atoms with Gasteiger partial charge in [-0.25, -0.2) is 9.48 Å². The molecule has 1 aromatic rings. The predicted octanol–water partition coefficient (Wildman–Crippen LogP) is 0.146. The molecule has 1 N–H and O–H groups in total. The van der Waals surface area contributed by atoms with Gasteiger partial charge in [0.2, 0.25) is 5.91 Å². The number of carboxylic acids is 1. The van der Waals surface area contributed by atoms with Gasteiger partial charge in [-0.2, -0.15) is 0 Å². The molecule has 0 aromatic carbocycles. The summed E-state index contributed by atoms with van der Waals surface area (Å²) < 4.78 is 7.02. The molecule has 0 spiro atoms. The van der Waals surface area contributed by atoms with E-state index in [9.17, 15) is 9.59 Å². The molecule has 114 valence electrons. The summed E-state index contributed by atoms with van der Waals surface area (Å²) in [6, 6.07) is 0.141. The number of amides is 1. The Kier molecular flexibility index (Phi) is 3.87. The molecule has 0 bridgehead atoms. The van der Waals surface area contributed by atoms with E-state index in [1.807, 2.05) is 4.90 Å². The van der Waals surface area contributed by atoms with Crippen molar-refractivity contribution in [3.63, 3.8) is 0 Å². The standard InChI is InChI=1S/C13H18N4O4/c18-12(8-16-7-9(13(19)20)14-15-16)17-5-6-21-11-4-2-1-3-10(11)17/h7,10-11H,1-6,8H2,(H,19,20). The van der Waals surface area contributed by atoms with E-state index in [4.69, 9.17) is 9.84 Å². The van der Waals surface area contributed by atoms with Gasteiger partial charge in [0.05, 0.1) is 24.9 Å². The van der Waals surface area contributed by atoms with Crippen LogP contribution in [0, 0.1) is 0 Å². The summed E-state index contributed by atoms with van der Waals surface area (Å²) in [5.41, 5.74) is -0.152. The van der Waals surface area contributed by atoms with Crippen LogP contribution in [0.2, 0.25) is 0 Å². The molecule has 8 nitrogen and oxygen atoms in total. The second-order valence-electron chi connectivity index (χ2n) is 5.45. The van der Waals surface area contributed by atoms with Crippen molar-refractivity contribution in [2.45, 2.75) is 44.4 Å². The van der Waals surface area contributed by atoms with Crippen molar-refractivity contribution >= 4 is 11.9 Å². The van der Waals surface area contributed by atoms with Crippen LogP contribution in [0.15, 0.2) is 6.20 Å². The van der Waals surface area contributed by atoms with E-state index in [-0.39, 0.29) is 30.3 Å². The Bertz CT molecular complexity index is 542. The van der Waals surface area contributed by atoms with Gasteiger partial charge in [-0.1, -0.05) is 18.1 Å². The molecular weight excluding hydrogens is 276 g/mol. The third-order valence-electron chi connectivity index (χ3n) is 4.11. The molecule has 1 aliphatic carbocycles. The van der Waals surface area contributed by atoms with Crippen LogP contribution in [-0.4, -0.2) is 62.2 Å². The van der Waals surface area contributed by atoms with Crippen LogP contribution in [0.5, 0.6) is 0 Å². The quantitative estimate of drug-likeness (QED) is 0.852. The maximum Gasteiger partial charge on any atom is 0.358 e. The summed E-state index contributed by atoms with van der Waals surface area (Å²) in [4.78, 5) is 25.1. The number of carbonyl (C=O) groups is 2. The van der Waals surface area contributed by atoms with E-state index < -0.39 is 5.97 Å². The van der Waals surface area contributed by atoms with Gasteiger partial charge in [0.1, 0.15) is 6.54 Å². The summed E-state index contributed by atoms with van der Waals surface area (Å²) >= 11 is 0. The summed E-state index contributed by atoms with van der Waals surface area (Å²) in [7, 11) is 0. The van der Waals surface area contributed by atoms with E-state index in [0.717, 1.165) is 25.7 Å². The number of hydrogen-bond donors (Lipinski definition) is 1. The third-order valence-corrected chi connectivity index (χ3v) is 4.11. The van der Waals surface area contributed by atoms with Gasteiger partial charge in [0.15, 0.2) is 5.69 Å². The number of carbonyl (C=O) groups excluding carboxylic acids is 1. The normalized spacial score (nSPS) is 25.4. The van der Waals surface area contributed by atoms with Crippen LogP contribution >= 0.6 is 0 Å². The number of aromatic nitrogens is 3. The fourth-order valence-electron chi connectivity index (χ4n) is 3.11. The number of carboxylic acid groups (broad SMARTS) is 1. The molecule has 1 saturated carbocycles. The molecule has 2 aliphatic rings. The first kappa shape index (κ1) is 14.0. The molecule has 3 rings (SSSR count). The minimum Gasteiger partial charge on any atom is -0.476 e. The molecule has 2 heterocycles. The zero-order valence-corrected chi connectivity index (χ0v) is 11.6. The van der Waals surface area contributed by atoms with Gasteiger partial charge in [-0.05, 0) is 12.8 Å². The monoisotopic (exact) mass is 294 g/mol. The van der Waals surface area contributed by atoms with Gasteiger partial charge < -0.3 is 14.7 Å². The van der Waals surface area contributed by atoms with Crippen molar-refractivity contribution < 1.29 is 19.4 Å². The smallest absolute Gasteiger partial charge is 0.358 e. The van der Waals surface area contributed by atoms with E-state index in [1.165, 1.54) is 10.9 Å². The Labute approximate surface area is 121 Å². The van der Waals surface area contributed by atoms with Crippen LogP contribution in [0.4, 0.5) is 0 Å². The minimum absolute atomic E-state index is 0.0174. The summed E-state index contributed by atoms with van der Waals surface area (Å²) in [5.74, 6) is -1.20. The van der Waals surface area contributed by atoms with Crippen LogP contribution in [-0.2, 0) is 16.1 Å². The van der Waals surface area contributed by atoms with E-state index in [0.29, 0.717) is 13.2 Å². The number of hydrogen-bond acceptors (Lipinski definition) is 5. The number of ether oxygens (including phenoxy) is 1. The van der Waals surface area contributed by atoms with Crippen molar-refractivity contribution in [3.8, 4) is 0 Å². The first-order valence-corrected chi connectivity index (χ1v) is 7.19. The first-order chi connectivity index (χ1) is 10.1. The fourth-order valence-corrected chi connectivity index (χ4v) is 3.11. The molecule has 1 saturated heterocycles. The Hall–Kier alpha value is -1.96. The fraction of sp³-hybridized carbons (Fsp3) is 0.692. The van der Waals surface area contributed by atoms with Crippen LogP contribution in [0.3, 0.4) is 0 Å². The lowest BCUT2D eigenvalue weighted by atomic mass is 9.90. The maximum absolute atomic E-state index is 12.4. The highest BCUT2D eigenvalue weighted by atomic mass is 16.5. The second kappa shape index (κ2) is 5.80. The van der Waals surface area contributed by atoms with Crippen LogP contribution in [0.25, 0.3) is 0 Å². The number of nitrogens with zero attached hydrogens (tertiary/aromatic N) is 4. The average molecular weight is 294 g/mol. The molecule has 2 atom stereocenters. The molecule has 1 amide bonds. The Morgan fingerprint density at radius 2 is 2.19 bits per heavy atom. The Balaban J connectivity index is 1.67. The van der Waals surface area contributed by atoms with Gasteiger partial charge in [0.25, 0.3) is 0 Å². The summed E-state index contributed by atoms with van der Waals surface area (Å²) in [5, 5.41) is 16.0. The van der Waals surface area contributed by atoms with Gasteiger partial charge in [-0.3, -0.25) is 4.79 Å². The second-order valence-corrected chi connectivity index (χ2v) is 5.45. The predicted molar refractivity (Wildman–Crippen MR) is 70.7 cm³/mol. The van der Waals surface area contributed by atoms with E-state index >= 15 is 0 Å². The molecule has 0 radical (unpaired) electrons. The lowest BCUT2D eigenvalue weighted by Gasteiger charge is -2.43. The third kappa shape index (κ3) is 2.90. The molecular formula is C13H18N4O4. The van der Waals surface area contributed by atoms with Gasteiger partial charge in [0, 0.05) is 6.54 Å².